The SMILES string of the molecule is CO[C@H]1C[C@@H]2CC[C@@H](C)[C@@](O)(O2)C(=O)C(=O)N2CCCC3[C@H]2C(=O)O[C@@H](CC(=O)[C@H](C)/C=C(\C)[C@@H](O)[C@@H](OC)C(=O)[C@H](C)CC[C@H](C)/C=C/C=C/C=C/1C)[C@H]3C[C@@H]1CC[C@@H](O)[C@H](OC)C1. The van der Waals surface area contributed by atoms with Gasteiger partial charge in [0.05, 0.1) is 24.4 Å². The van der Waals surface area contributed by atoms with E-state index in [0.29, 0.717) is 69.8 Å². The van der Waals surface area contributed by atoms with Crippen LogP contribution >= 0.6 is 0 Å². The lowest BCUT2D eigenvalue weighted by molar-refractivity contribution is -0.266. The number of rotatable bonds is 5. The van der Waals surface area contributed by atoms with Gasteiger partial charge in [0.2, 0.25) is 5.79 Å². The van der Waals surface area contributed by atoms with Gasteiger partial charge in [-0.1, -0.05) is 64.2 Å². The van der Waals surface area contributed by atoms with Gasteiger partial charge in [0, 0.05) is 64.4 Å². The predicted octanol–water partition coefficient (Wildman–Crippen LogP) is 5.79. The number of carbonyl (C=O) groups is 5. The first-order valence-electron chi connectivity index (χ1n) is 24.0. The van der Waals surface area contributed by atoms with Crippen molar-refractivity contribution < 1.29 is 63.0 Å². The Bertz CT molecular complexity index is 1810. The molecule has 0 spiro atoms. The first-order valence-corrected chi connectivity index (χ1v) is 24.0. The molecule has 3 saturated heterocycles. The minimum atomic E-state index is -2.43. The summed E-state index contributed by atoms with van der Waals surface area (Å²) >= 11 is 0. The van der Waals surface area contributed by atoms with Gasteiger partial charge >= 0.3 is 5.97 Å². The normalized spacial score (nSPS) is 42.9. The third kappa shape index (κ3) is 12.6. The summed E-state index contributed by atoms with van der Waals surface area (Å²) in [5.41, 5.74) is 1.30. The molecule has 16 atom stereocenters. The third-order valence-electron chi connectivity index (χ3n) is 15.2. The van der Waals surface area contributed by atoms with Gasteiger partial charge in [0.15, 0.2) is 5.78 Å². The van der Waals surface area contributed by atoms with Crippen molar-refractivity contribution in [1.29, 1.82) is 0 Å². The fourth-order valence-corrected chi connectivity index (χ4v) is 10.9. The molecule has 65 heavy (non-hydrogen) atoms. The number of amides is 1. The van der Waals surface area contributed by atoms with Crippen molar-refractivity contribution in [2.75, 3.05) is 27.9 Å². The second-order valence-corrected chi connectivity index (χ2v) is 19.9. The van der Waals surface area contributed by atoms with Crippen LogP contribution in [0.4, 0.5) is 0 Å². The lowest BCUT2D eigenvalue weighted by Crippen LogP contribution is -2.65. The summed E-state index contributed by atoms with van der Waals surface area (Å²) in [7, 11) is 4.54. The van der Waals surface area contributed by atoms with E-state index in [4.69, 9.17) is 23.7 Å². The van der Waals surface area contributed by atoms with Gasteiger partial charge in [-0.05, 0) is 107 Å². The largest absolute Gasteiger partial charge is 0.460 e. The molecule has 0 aromatic heterocycles. The molecule has 5 rings (SSSR count). The van der Waals surface area contributed by atoms with E-state index in [1.165, 1.54) is 12.0 Å². The molecule has 1 unspecified atom stereocenters. The Morgan fingerprint density at radius 1 is 0.831 bits per heavy atom. The molecule has 0 aromatic rings. The first kappa shape index (κ1) is 52.6. The number of piperidine rings is 1. The van der Waals surface area contributed by atoms with Gasteiger partial charge in [-0.15, -0.1) is 0 Å². The Kier molecular flexibility index (Phi) is 19.1. The summed E-state index contributed by atoms with van der Waals surface area (Å²) in [4.78, 5) is 72.1. The van der Waals surface area contributed by atoms with E-state index in [-0.39, 0.29) is 42.5 Å². The second kappa shape index (κ2) is 23.6. The Labute approximate surface area is 386 Å². The van der Waals surface area contributed by atoms with Crippen molar-refractivity contribution in [1.82, 2.24) is 4.90 Å². The predicted molar refractivity (Wildman–Crippen MR) is 243 cm³/mol. The number of ketones is 3. The molecule has 0 aromatic carbocycles. The maximum absolute atomic E-state index is 14.5. The van der Waals surface area contributed by atoms with Crippen LogP contribution in [0.3, 0.4) is 0 Å². The van der Waals surface area contributed by atoms with Gasteiger partial charge in [0.25, 0.3) is 11.7 Å². The molecule has 5 aliphatic rings. The molecule has 6 bridgehead atoms. The average molecular weight is 912 g/mol. The van der Waals surface area contributed by atoms with Crippen molar-refractivity contribution in [3.8, 4) is 0 Å². The van der Waals surface area contributed by atoms with Crippen molar-refractivity contribution in [2.24, 2.45) is 41.4 Å². The number of aliphatic hydroxyl groups is 3. The summed E-state index contributed by atoms with van der Waals surface area (Å²) in [6, 6.07) is -1.13. The van der Waals surface area contributed by atoms with E-state index in [0.717, 1.165) is 12.0 Å². The molecular weight excluding hydrogens is 835 g/mol. The molecule has 4 fully saturated rings. The van der Waals surface area contributed by atoms with E-state index in [1.54, 1.807) is 41.1 Å². The Balaban J connectivity index is 1.49. The maximum atomic E-state index is 14.5. The lowest BCUT2D eigenvalue weighted by Gasteiger charge is -2.50. The van der Waals surface area contributed by atoms with Crippen molar-refractivity contribution in [3.05, 3.63) is 47.6 Å². The number of nitrogens with zero attached hydrogens (tertiary/aromatic N) is 1. The number of allylic oxidation sites excluding steroid dienone is 6. The number of ether oxygens (including phenoxy) is 5. The summed E-state index contributed by atoms with van der Waals surface area (Å²) < 4.78 is 29.4. The summed E-state index contributed by atoms with van der Waals surface area (Å²) in [6.07, 6.45) is 11.9. The third-order valence-corrected chi connectivity index (χ3v) is 15.2. The van der Waals surface area contributed by atoms with Crippen molar-refractivity contribution >= 4 is 29.2 Å². The molecule has 364 valence electrons. The molecule has 1 amide bonds. The molecule has 4 heterocycles. The highest BCUT2D eigenvalue weighted by Gasteiger charge is 2.57. The number of methoxy groups -OCH3 is 3. The maximum Gasteiger partial charge on any atom is 0.329 e. The van der Waals surface area contributed by atoms with E-state index in [2.05, 4.69) is 13.0 Å². The first-order chi connectivity index (χ1) is 30.8. The number of Topliss-reactive ketones (excluding diaryl/α,β-unsaturated/α-hetero) is 3. The Morgan fingerprint density at radius 3 is 2.26 bits per heavy atom. The van der Waals surface area contributed by atoms with Crippen LogP contribution in [0, 0.1) is 41.4 Å². The average Bonchev–Trinajstić information content (AvgIpc) is 3.28. The van der Waals surface area contributed by atoms with Crippen LogP contribution in [-0.2, 0) is 47.7 Å². The van der Waals surface area contributed by atoms with Crippen LogP contribution in [-0.4, -0.2) is 132 Å². The van der Waals surface area contributed by atoms with Gasteiger partial charge in [-0.3, -0.25) is 19.2 Å². The van der Waals surface area contributed by atoms with Crippen molar-refractivity contribution in [2.45, 2.75) is 173 Å². The molecule has 0 radical (unpaired) electrons. The molecule has 3 N–H and O–H groups in total. The quantitative estimate of drug-likeness (QED) is 0.171. The zero-order chi connectivity index (χ0) is 47.7. The fourth-order valence-electron chi connectivity index (χ4n) is 10.9. The molecule has 4 aliphatic heterocycles. The lowest BCUT2D eigenvalue weighted by atomic mass is 9.68. The Hall–Kier alpha value is -3.37. The van der Waals surface area contributed by atoms with Crippen LogP contribution in [0.15, 0.2) is 47.6 Å². The Morgan fingerprint density at radius 2 is 1.57 bits per heavy atom. The molecule has 1 saturated carbocycles. The summed E-state index contributed by atoms with van der Waals surface area (Å²) in [6.45, 7) is 11.0. The summed E-state index contributed by atoms with van der Waals surface area (Å²) in [5, 5.41) is 34.1. The fraction of sp³-hybridized carbons (Fsp3) is 0.745. The van der Waals surface area contributed by atoms with Crippen LogP contribution in [0.25, 0.3) is 0 Å². The van der Waals surface area contributed by atoms with Crippen LogP contribution < -0.4 is 0 Å². The highest BCUT2D eigenvalue weighted by molar-refractivity contribution is 6.39. The zero-order valence-corrected chi connectivity index (χ0v) is 40.2. The zero-order valence-electron chi connectivity index (χ0n) is 40.2. The second-order valence-electron chi connectivity index (χ2n) is 19.9. The van der Waals surface area contributed by atoms with E-state index in [1.807, 2.05) is 38.2 Å². The standard InChI is InChI=1S/C51H77NO13/c1-29-14-11-10-12-15-30(2)41(61-7)27-36-21-19-34(6)51(60,65-36)48(57)49(58)52-23-13-16-37-38(25-35-20-22-39(53)43(26-35)62-8)42(64-50(59)44(37)52)28-40(54)32(4)24-33(5)46(56)47(63-9)45(55)31(3)18-17-29/h10-12,14-15,24,29,31-32,34-39,41-44,46-47,53,56,60H,13,16-23,25-28H2,1-9H3/b12-10+,14-11+,30-15+,33-24+/t29-,31-,32-,34-,35+,36+,37?,38+,39-,41+,42+,43-,44+,46-,47+,51-/m1/s1. The monoisotopic (exact) mass is 912 g/mol. The molecule has 14 nitrogen and oxygen atoms in total. The minimum Gasteiger partial charge on any atom is -0.460 e. The van der Waals surface area contributed by atoms with Gasteiger partial charge < -0.3 is 43.9 Å². The topological polar surface area (TPSA) is 195 Å². The number of hydrogen-bond acceptors (Lipinski definition) is 13. The number of carbonyl (C=O) groups excluding carboxylic acids is 5. The van der Waals surface area contributed by atoms with E-state index < -0.39 is 95.7 Å². The highest BCUT2D eigenvalue weighted by atomic mass is 16.6. The van der Waals surface area contributed by atoms with Gasteiger partial charge in [-0.2, -0.15) is 0 Å². The van der Waals surface area contributed by atoms with Gasteiger partial charge in [0.1, 0.15) is 30.1 Å². The molecule has 1 aliphatic carbocycles. The highest BCUT2D eigenvalue weighted by Crippen LogP contribution is 2.45. The van der Waals surface area contributed by atoms with E-state index in [9.17, 15) is 39.3 Å². The molecular formula is C51H77NO13. The van der Waals surface area contributed by atoms with Crippen LogP contribution in [0.1, 0.15) is 119 Å². The molecule has 14 heteroatoms. The van der Waals surface area contributed by atoms with Crippen LogP contribution in [0.5, 0.6) is 0 Å². The van der Waals surface area contributed by atoms with Crippen molar-refractivity contribution in [3.63, 3.8) is 0 Å². The number of hydrogen-bond donors (Lipinski definition) is 3. The number of fused-ring (bicyclic) bond motifs is 3. The number of aliphatic hydroxyl groups excluding tert-OH is 2. The smallest absolute Gasteiger partial charge is 0.329 e. The summed E-state index contributed by atoms with van der Waals surface area (Å²) in [5.74, 6) is -8.22. The van der Waals surface area contributed by atoms with Gasteiger partial charge in [-0.25, -0.2) is 4.79 Å². The minimum absolute atomic E-state index is 0.0544. The van der Waals surface area contributed by atoms with Crippen LogP contribution in [0.2, 0.25) is 0 Å². The van der Waals surface area contributed by atoms with E-state index >= 15 is 0 Å². The number of esters is 1.